The van der Waals surface area contributed by atoms with Gasteiger partial charge in [0.1, 0.15) is 0 Å². The van der Waals surface area contributed by atoms with E-state index in [1.165, 1.54) is 11.1 Å². The van der Waals surface area contributed by atoms with Gasteiger partial charge in [-0.25, -0.2) is 0 Å². The van der Waals surface area contributed by atoms with E-state index in [9.17, 15) is 9.90 Å². The fourth-order valence-corrected chi connectivity index (χ4v) is 5.87. The van der Waals surface area contributed by atoms with E-state index in [0.29, 0.717) is 37.4 Å². The monoisotopic (exact) mass is 507 g/mol. The van der Waals surface area contributed by atoms with Crippen molar-refractivity contribution in [2.24, 2.45) is 5.92 Å². The van der Waals surface area contributed by atoms with Crippen LogP contribution < -0.4 is 4.90 Å². The molecule has 0 aliphatic heterocycles. The molecule has 0 bridgehead atoms. The van der Waals surface area contributed by atoms with Gasteiger partial charge in [-0.05, 0) is 35.2 Å². The number of nitrogens with zero attached hydrogens (tertiary/aromatic N) is 1. The summed E-state index contributed by atoms with van der Waals surface area (Å²) in [5, 5.41) is 10.8. The minimum Gasteiger partial charge on any atom is -0.481 e. The normalized spacial score (nSPS) is 16.7. The van der Waals surface area contributed by atoms with Gasteiger partial charge < -0.3 is 19.5 Å². The quantitative estimate of drug-likeness (QED) is 0.293. The van der Waals surface area contributed by atoms with E-state index < -0.39 is 23.1 Å². The zero-order valence-corrected chi connectivity index (χ0v) is 21.9. The average molecular weight is 508 g/mol. The van der Waals surface area contributed by atoms with Crippen LogP contribution in [0.3, 0.4) is 0 Å². The molecule has 1 atom stereocenters. The molecule has 4 rings (SSSR count). The molecule has 6 heteroatoms. The number of rotatable bonds is 11. The third kappa shape index (κ3) is 5.15. The van der Waals surface area contributed by atoms with Gasteiger partial charge in [-0.1, -0.05) is 85.3 Å². The first-order chi connectivity index (χ1) is 17.4. The summed E-state index contributed by atoms with van der Waals surface area (Å²) < 4.78 is 11.4. The van der Waals surface area contributed by atoms with Crippen LogP contribution in [0.5, 0.6) is 0 Å². The lowest BCUT2D eigenvalue weighted by Gasteiger charge is -2.57. The molecule has 1 aliphatic rings. The van der Waals surface area contributed by atoms with Crippen molar-refractivity contribution >= 4 is 23.3 Å². The van der Waals surface area contributed by atoms with Gasteiger partial charge in [0, 0.05) is 45.6 Å². The van der Waals surface area contributed by atoms with Crippen molar-refractivity contribution in [3.63, 3.8) is 0 Å². The third-order valence-electron chi connectivity index (χ3n) is 7.58. The summed E-state index contributed by atoms with van der Waals surface area (Å²) in [6.45, 7) is 3.26. The van der Waals surface area contributed by atoms with Crippen molar-refractivity contribution < 1.29 is 19.4 Å². The average Bonchev–Trinajstić information content (AvgIpc) is 2.87. The van der Waals surface area contributed by atoms with Crippen LogP contribution in [-0.2, 0) is 32.8 Å². The molecule has 36 heavy (non-hydrogen) atoms. The van der Waals surface area contributed by atoms with Crippen LogP contribution in [0.25, 0.3) is 0 Å². The second kappa shape index (κ2) is 11.0. The number of halogens is 1. The van der Waals surface area contributed by atoms with Gasteiger partial charge in [-0.2, -0.15) is 0 Å². The van der Waals surface area contributed by atoms with Gasteiger partial charge in [-0.15, -0.1) is 0 Å². The van der Waals surface area contributed by atoms with Crippen molar-refractivity contribution in [1.29, 1.82) is 0 Å². The first-order valence-electron chi connectivity index (χ1n) is 12.3. The van der Waals surface area contributed by atoms with E-state index in [1.54, 1.807) is 14.2 Å². The SMILES string of the molecule is CCC(C(=O)O)C1(c2ccc(Cl)c(N(Cc3ccccc3)Cc3ccccc3)c2)CC(OC)(OC)C1. The molecule has 1 N–H and O–H groups in total. The molecule has 1 fully saturated rings. The molecule has 1 saturated carbocycles. The smallest absolute Gasteiger partial charge is 0.307 e. The predicted molar refractivity (Wildman–Crippen MR) is 143 cm³/mol. The highest BCUT2D eigenvalue weighted by Gasteiger charge is 2.61. The summed E-state index contributed by atoms with van der Waals surface area (Å²) >= 11 is 6.81. The predicted octanol–water partition coefficient (Wildman–Crippen LogP) is 6.68. The van der Waals surface area contributed by atoms with Crippen LogP contribution >= 0.6 is 11.6 Å². The maximum Gasteiger partial charge on any atom is 0.307 e. The van der Waals surface area contributed by atoms with E-state index >= 15 is 0 Å². The van der Waals surface area contributed by atoms with Gasteiger partial charge in [0.2, 0.25) is 0 Å². The van der Waals surface area contributed by atoms with Gasteiger partial charge in [0.05, 0.1) is 16.6 Å². The molecule has 0 heterocycles. The fourth-order valence-electron chi connectivity index (χ4n) is 5.63. The first kappa shape index (κ1) is 26.2. The molecule has 1 aliphatic carbocycles. The molecule has 3 aromatic rings. The molecule has 0 aromatic heterocycles. The first-order valence-corrected chi connectivity index (χ1v) is 12.7. The molecule has 1 unspecified atom stereocenters. The summed E-state index contributed by atoms with van der Waals surface area (Å²) in [6, 6.07) is 26.5. The Morgan fingerprint density at radius 3 is 1.92 bits per heavy atom. The van der Waals surface area contributed by atoms with Crippen molar-refractivity contribution in [1.82, 2.24) is 0 Å². The number of hydrogen-bond acceptors (Lipinski definition) is 4. The Morgan fingerprint density at radius 2 is 1.47 bits per heavy atom. The van der Waals surface area contributed by atoms with Crippen molar-refractivity contribution in [3.05, 3.63) is 101 Å². The Bertz CT molecular complexity index is 1110. The Labute approximate surface area is 218 Å². The number of aliphatic carboxylic acids is 1. The number of hydrogen-bond donors (Lipinski definition) is 1. The molecule has 3 aromatic carbocycles. The lowest BCUT2D eigenvalue weighted by molar-refractivity contribution is -0.286. The maximum absolute atomic E-state index is 12.4. The second-order valence-corrected chi connectivity index (χ2v) is 10.0. The number of carbonyl (C=O) groups is 1. The molecule has 5 nitrogen and oxygen atoms in total. The standard InChI is InChI=1S/C30H34ClNO4/c1-4-25(28(33)34)29(20-30(21-29,35-2)36-3)24-15-16-26(31)27(17-24)32(18-22-11-7-5-8-12-22)19-23-13-9-6-10-14-23/h5-17,25H,4,18-21H2,1-3H3,(H,33,34). The second-order valence-electron chi connectivity index (χ2n) is 9.62. The van der Waals surface area contributed by atoms with E-state index in [0.717, 1.165) is 11.3 Å². The zero-order chi connectivity index (χ0) is 25.8. The number of methoxy groups -OCH3 is 2. The van der Waals surface area contributed by atoms with E-state index in [2.05, 4.69) is 35.2 Å². The van der Waals surface area contributed by atoms with Crippen LogP contribution in [-0.4, -0.2) is 31.1 Å². The number of ether oxygens (including phenoxy) is 2. The lowest BCUT2D eigenvalue weighted by Crippen LogP contribution is -2.61. The Balaban J connectivity index is 1.78. The van der Waals surface area contributed by atoms with Crippen LogP contribution in [0.1, 0.15) is 42.9 Å². The Morgan fingerprint density at radius 1 is 0.944 bits per heavy atom. The van der Waals surface area contributed by atoms with E-state index in [-0.39, 0.29) is 0 Å². The van der Waals surface area contributed by atoms with E-state index in [1.807, 2.05) is 55.5 Å². The third-order valence-corrected chi connectivity index (χ3v) is 7.90. The number of benzene rings is 3. The van der Waals surface area contributed by atoms with Crippen LogP contribution in [0.15, 0.2) is 78.9 Å². The van der Waals surface area contributed by atoms with Gasteiger partial charge in [-0.3, -0.25) is 4.79 Å². The van der Waals surface area contributed by atoms with Crippen LogP contribution in [0.4, 0.5) is 5.69 Å². The summed E-state index contributed by atoms with van der Waals surface area (Å²) in [5.74, 6) is -2.15. The van der Waals surface area contributed by atoms with Crippen molar-refractivity contribution in [2.45, 2.75) is 50.5 Å². The zero-order valence-electron chi connectivity index (χ0n) is 21.1. The molecule has 190 valence electrons. The maximum atomic E-state index is 12.4. The molecule has 0 saturated heterocycles. The largest absolute Gasteiger partial charge is 0.481 e. The fraction of sp³-hybridized carbons (Fsp3) is 0.367. The number of carboxylic acid groups (broad SMARTS) is 1. The molecule has 0 radical (unpaired) electrons. The van der Waals surface area contributed by atoms with Gasteiger partial charge in [0.25, 0.3) is 0 Å². The van der Waals surface area contributed by atoms with Crippen LogP contribution in [0.2, 0.25) is 5.02 Å². The highest BCUT2D eigenvalue weighted by molar-refractivity contribution is 6.33. The molecule has 0 amide bonds. The minimum atomic E-state index is -0.805. The lowest BCUT2D eigenvalue weighted by atomic mass is 9.53. The van der Waals surface area contributed by atoms with Gasteiger partial charge in [0.15, 0.2) is 5.79 Å². The Hall–Kier alpha value is -2.86. The molecular weight excluding hydrogens is 474 g/mol. The van der Waals surface area contributed by atoms with Crippen molar-refractivity contribution in [3.8, 4) is 0 Å². The highest BCUT2D eigenvalue weighted by atomic mass is 35.5. The topological polar surface area (TPSA) is 59.0 Å². The van der Waals surface area contributed by atoms with Gasteiger partial charge >= 0.3 is 5.97 Å². The summed E-state index contributed by atoms with van der Waals surface area (Å²) in [7, 11) is 3.23. The molecular formula is C30H34ClNO4. The molecule has 0 spiro atoms. The van der Waals surface area contributed by atoms with Crippen molar-refractivity contribution in [2.75, 3.05) is 19.1 Å². The summed E-state index contributed by atoms with van der Waals surface area (Å²) in [5.41, 5.74) is 3.56. The summed E-state index contributed by atoms with van der Waals surface area (Å²) in [4.78, 5) is 14.6. The minimum absolute atomic E-state index is 0.469. The number of anilines is 1. The van der Waals surface area contributed by atoms with E-state index in [4.69, 9.17) is 21.1 Å². The number of carboxylic acids is 1. The van der Waals surface area contributed by atoms with Crippen LogP contribution in [0, 0.1) is 5.92 Å². The Kier molecular flexibility index (Phi) is 8.04. The summed E-state index contributed by atoms with van der Waals surface area (Å²) in [6.07, 6.45) is 1.45. The highest BCUT2D eigenvalue weighted by Crippen LogP contribution is 2.58.